The molecule has 3 N–H and O–H groups in total. The SMILES string of the molecule is CO/C(O)=C/C(N)C(C)C. The second-order valence-electron chi connectivity index (χ2n) is 2.53. The highest BCUT2D eigenvalue weighted by Gasteiger charge is 2.04. The molecule has 0 rings (SSSR count). The highest BCUT2D eigenvalue weighted by molar-refractivity contribution is 4.92. The van der Waals surface area contributed by atoms with Crippen molar-refractivity contribution < 1.29 is 9.84 Å². The third-order valence-corrected chi connectivity index (χ3v) is 1.31. The van der Waals surface area contributed by atoms with E-state index in [9.17, 15) is 0 Å². The zero-order valence-corrected chi connectivity index (χ0v) is 6.66. The third kappa shape index (κ3) is 3.35. The van der Waals surface area contributed by atoms with Gasteiger partial charge in [0.25, 0.3) is 5.95 Å². The van der Waals surface area contributed by atoms with E-state index in [4.69, 9.17) is 10.8 Å². The van der Waals surface area contributed by atoms with Gasteiger partial charge in [-0.1, -0.05) is 13.8 Å². The first kappa shape index (κ1) is 9.30. The Bertz CT molecular complexity index is 121. The summed E-state index contributed by atoms with van der Waals surface area (Å²) in [6, 6.07) is -0.139. The number of rotatable bonds is 3. The molecular weight excluding hydrogens is 130 g/mol. The Hall–Kier alpha value is -0.700. The Labute approximate surface area is 61.5 Å². The van der Waals surface area contributed by atoms with Crippen LogP contribution in [0, 0.1) is 5.92 Å². The molecule has 3 nitrogen and oxygen atoms in total. The van der Waals surface area contributed by atoms with Crippen LogP contribution in [0.2, 0.25) is 0 Å². The van der Waals surface area contributed by atoms with Crippen molar-refractivity contribution in [3.8, 4) is 0 Å². The van der Waals surface area contributed by atoms with Crippen molar-refractivity contribution >= 4 is 0 Å². The minimum absolute atomic E-state index is 0.110. The van der Waals surface area contributed by atoms with Gasteiger partial charge in [0.05, 0.1) is 7.11 Å². The number of aliphatic hydroxyl groups excluding tert-OH is 1. The number of aliphatic hydroxyl groups is 1. The van der Waals surface area contributed by atoms with Crippen LogP contribution in [0.25, 0.3) is 0 Å². The first-order valence-corrected chi connectivity index (χ1v) is 3.28. The van der Waals surface area contributed by atoms with E-state index in [2.05, 4.69) is 4.74 Å². The van der Waals surface area contributed by atoms with Gasteiger partial charge < -0.3 is 15.6 Å². The summed E-state index contributed by atoms with van der Waals surface area (Å²) in [5.74, 6) is 0.207. The van der Waals surface area contributed by atoms with E-state index < -0.39 is 0 Å². The Kier molecular flexibility index (Phi) is 3.88. The van der Waals surface area contributed by atoms with Crippen molar-refractivity contribution in [2.75, 3.05) is 7.11 Å². The van der Waals surface area contributed by atoms with Gasteiger partial charge in [0.1, 0.15) is 0 Å². The van der Waals surface area contributed by atoms with Crippen LogP contribution in [0.3, 0.4) is 0 Å². The largest absolute Gasteiger partial charge is 0.481 e. The molecule has 0 aromatic heterocycles. The summed E-state index contributed by atoms with van der Waals surface area (Å²) in [4.78, 5) is 0. The molecule has 1 unspecified atom stereocenters. The fourth-order valence-electron chi connectivity index (χ4n) is 0.425. The number of ether oxygens (including phenoxy) is 1. The molecule has 0 aliphatic heterocycles. The van der Waals surface area contributed by atoms with Gasteiger partial charge in [-0.15, -0.1) is 0 Å². The smallest absolute Gasteiger partial charge is 0.273 e. The third-order valence-electron chi connectivity index (χ3n) is 1.31. The summed E-state index contributed by atoms with van der Waals surface area (Å²) in [5.41, 5.74) is 5.58. The molecule has 0 saturated heterocycles. The molecule has 0 aromatic carbocycles. The maximum absolute atomic E-state index is 8.84. The molecular formula is C7H15NO2. The zero-order chi connectivity index (χ0) is 8.15. The molecule has 0 amide bonds. The molecule has 1 atom stereocenters. The van der Waals surface area contributed by atoms with Crippen LogP contribution in [0.15, 0.2) is 12.0 Å². The highest BCUT2D eigenvalue weighted by atomic mass is 16.6. The lowest BCUT2D eigenvalue weighted by atomic mass is 10.1. The van der Waals surface area contributed by atoms with Gasteiger partial charge in [-0.2, -0.15) is 0 Å². The molecule has 0 aromatic rings. The average molecular weight is 145 g/mol. The molecule has 0 heterocycles. The Morgan fingerprint density at radius 3 is 2.40 bits per heavy atom. The van der Waals surface area contributed by atoms with E-state index in [1.54, 1.807) is 0 Å². The van der Waals surface area contributed by atoms with E-state index in [0.717, 1.165) is 0 Å². The van der Waals surface area contributed by atoms with E-state index in [-0.39, 0.29) is 12.0 Å². The van der Waals surface area contributed by atoms with Gasteiger partial charge >= 0.3 is 0 Å². The van der Waals surface area contributed by atoms with E-state index in [0.29, 0.717) is 5.92 Å². The van der Waals surface area contributed by atoms with Crippen LogP contribution >= 0.6 is 0 Å². The van der Waals surface area contributed by atoms with Crippen LogP contribution in [0.5, 0.6) is 0 Å². The number of methoxy groups -OCH3 is 1. The molecule has 3 heteroatoms. The van der Waals surface area contributed by atoms with E-state index in [1.807, 2.05) is 13.8 Å². The second-order valence-corrected chi connectivity index (χ2v) is 2.53. The number of hydrogen-bond donors (Lipinski definition) is 2. The molecule has 10 heavy (non-hydrogen) atoms. The molecule has 0 bridgehead atoms. The quantitative estimate of drug-likeness (QED) is 0.583. The lowest BCUT2D eigenvalue weighted by molar-refractivity contribution is 0.133. The molecule has 0 spiro atoms. The summed E-state index contributed by atoms with van der Waals surface area (Å²) in [7, 11) is 1.40. The summed E-state index contributed by atoms with van der Waals surface area (Å²) in [6.07, 6.45) is 1.49. The fourth-order valence-corrected chi connectivity index (χ4v) is 0.425. The van der Waals surface area contributed by atoms with Gasteiger partial charge in [0.15, 0.2) is 0 Å². The zero-order valence-electron chi connectivity index (χ0n) is 6.66. The topological polar surface area (TPSA) is 55.5 Å². The van der Waals surface area contributed by atoms with Crippen molar-refractivity contribution in [2.24, 2.45) is 11.7 Å². The molecule has 0 saturated carbocycles. The van der Waals surface area contributed by atoms with Crippen molar-refractivity contribution in [2.45, 2.75) is 19.9 Å². The van der Waals surface area contributed by atoms with Crippen molar-refractivity contribution in [3.05, 3.63) is 12.0 Å². The monoisotopic (exact) mass is 145 g/mol. The maximum Gasteiger partial charge on any atom is 0.273 e. The van der Waals surface area contributed by atoms with Crippen LogP contribution in [-0.4, -0.2) is 18.3 Å². The first-order chi connectivity index (χ1) is 4.57. The molecule has 0 aliphatic carbocycles. The van der Waals surface area contributed by atoms with E-state index in [1.165, 1.54) is 13.2 Å². The summed E-state index contributed by atoms with van der Waals surface area (Å²) in [5, 5.41) is 8.84. The predicted octanol–water partition coefficient (Wildman–Crippen LogP) is 1.02. The van der Waals surface area contributed by atoms with Gasteiger partial charge in [-0.3, -0.25) is 0 Å². The van der Waals surface area contributed by atoms with E-state index >= 15 is 0 Å². The molecule has 0 fully saturated rings. The number of hydrogen-bond acceptors (Lipinski definition) is 3. The lowest BCUT2D eigenvalue weighted by Gasteiger charge is -2.10. The maximum atomic E-state index is 8.84. The van der Waals surface area contributed by atoms with Crippen LogP contribution in [0.4, 0.5) is 0 Å². The van der Waals surface area contributed by atoms with Crippen LogP contribution in [-0.2, 0) is 4.74 Å². The van der Waals surface area contributed by atoms with Crippen molar-refractivity contribution in [1.82, 2.24) is 0 Å². The van der Waals surface area contributed by atoms with Crippen molar-refractivity contribution in [3.63, 3.8) is 0 Å². The standard InChI is InChI=1S/C7H15NO2/c1-5(2)6(8)4-7(9)10-3/h4-6,9H,8H2,1-3H3/b7-4+. The highest BCUT2D eigenvalue weighted by Crippen LogP contribution is 2.01. The average Bonchev–Trinajstić information content (AvgIpc) is 1.87. The van der Waals surface area contributed by atoms with Crippen molar-refractivity contribution in [1.29, 1.82) is 0 Å². The molecule has 60 valence electrons. The Balaban J connectivity index is 3.86. The Morgan fingerprint density at radius 1 is 1.60 bits per heavy atom. The second kappa shape index (κ2) is 4.17. The first-order valence-electron chi connectivity index (χ1n) is 3.28. The minimum Gasteiger partial charge on any atom is -0.481 e. The van der Waals surface area contributed by atoms with Gasteiger partial charge in [0, 0.05) is 12.1 Å². The predicted molar refractivity (Wildman–Crippen MR) is 40.5 cm³/mol. The summed E-state index contributed by atoms with van der Waals surface area (Å²) < 4.78 is 4.51. The summed E-state index contributed by atoms with van der Waals surface area (Å²) >= 11 is 0. The molecule has 0 radical (unpaired) electrons. The molecule has 0 aliphatic rings. The van der Waals surface area contributed by atoms with Crippen LogP contribution in [0.1, 0.15) is 13.8 Å². The normalized spacial score (nSPS) is 15.5. The lowest BCUT2D eigenvalue weighted by Crippen LogP contribution is -2.24. The minimum atomic E-state index is -0.139. The number of nitrogens with two attached hydrogens (primary N) is 1. The summed E-state index contributed by atoms with van der Waals surface area (Å²) in [6.45, 7) is 3.95. The fraction of sp³-hybridized carbons (Fsp3) is 0.714. The van der Waals surface area contributed by atoms with Crippen LogP contribution < -0.4 is 5.73 Å². The Morgan fingerprint density at radius 2 is 2.10 bits per heavy atom. The van der Waals surface area contributed by atoms with Gasteiger partial charge in [0.2, 0.25) is 0 Å². The van der Waals surface area contributed by atoms with Gasteiger partial charge in [-0.25, -0.2) is 0 Å². The van der Waals surface area contributed by atoms with Gasteiger partial charge in [-0.05, 0) is 5.92 Å².